The summed E-state index contributed by atoms with van der Waals surface area (Å²) in [6, 6.07) is 8.54. The molecule has 1 atom stereocenters. The van der Waals surface area contributed by atoms with E-state index in [0.717, 1.165) is 12.0 Å². The first-order chi connectivity index (χ1) is 13.0. The van der Waals surface area contributed by atoms with Crippen LogP contribution >= 0.6 is 11.6 Å². The Morgan fingerprint density at radius 3 is 2.63 bits per heavy atom. The van der Waals surface area contributed by atoms with E-state index in [1.54, 1.807) is 19.2 Å². The number of carbonyl (C=O) groups excluding carboxylic acids is 1. The number of benzene rings is 1. The second-order valence-corrected chi connectivity index (χ2v) is 6.27. The van der Waals surface area contributed by atoms with E-state index in [9.17, 15) is 4.79 Å². The molecule has 1 unspecified atom stereocenters. The molecule has 1 heterocycles. The summed E-state index contributed by atoms with van der Waals surface area (Å²) in [5, 5.41) is 3.17. The number of rotatable bonds is 9. The average molecular weight is 393 g/mol. The van der Waals surface area contributed by atoms with Crippen LogP contribution in [0.25, 0.3) is 0 Å². The topological polar surface area (TPSA) is 69.7 Å². The minimum atomic E-state index is -0.376. The number of ether oxygens (including phenoxy) is 3. The van der Waals surface area contributed by atoms with Gasteiger partial charge in [-0.1, -0.05) is 24.6 Å². The van der Waals surface area contributed by atoms with Gasteiger partial charge in [-0.15, -0.1) is 0 Å². The zero-order chi connectivity index (χ0) is 19.8. The van der Waals surface area contributed by atoms with Crippen molar-refractivity contribution >= 4 is 17.5 Å². The predicted molar refractivity (Wildman–Crippen MR) is 105 cm³/mol. The molecule has 0 radical (unpaired) electrons. The third-order valence-corrected chi connectivity index (χ3v) is 4.13. The van der Waals surface area contributed by atoms with Crippen molar-refractivity contribution in [3.05, 3.63) is 46.6 Å². The van der Waals surface area contributed by atoms with Gasteiger partial charge in [-0.25, -0.2) is 4.98 Å². The van der Waals surface area contributed by atoms with E-state index in [4.69, 9.17) is 25.8 Å². The lowest BCUT2D eigenvalue weighted by molar-refractivity contribution is 0.0933. The number of hydrogen-bond acceptors (Lipinski definition) is 5. The van der Waals surface area contributed by atoms with Gasteiger partial charge in [0.25, 0.3) is 5.91 Å². The maximum atomic E-state index is 12.6. The first kappa shape index (κ1) is 20.8. The molecule has 0 fully saturated rings. The van der Waals surface area contributed by atoms with Crippen molar-refractivity contribution in [2.75, 3.05) is 20.3 Å². The van der Waals surface area contributed by atoms with Crippen molar-refractivity contribution in [1.82, 2.24) is 10.3 Å². The van der Waals surface area contributed by atoms with Gasteiger partial charge in [0.2, 0.25) is 5.88 Å². The zero-order valence-corrected chi connectivity index (χ0v) is 16.8. The van der Waals surface area contributed by atoms with Crippen molar-refractivity contribution in [3.8, 4) is 17.4 Å². The highest BCUT2D eigenvalue weighted by molar-refractivity contribution is 6.33. The fraction of sp³-hybridized carbons (Fsp3) is 0.400. The van der Waals surface area contributed by atoms with E-state index in [-0.39, 0.29) is 22.7 Å². The van der Waals surface area contributed by atoms with Crippen LogP contribution in [0.1, 0.15) is 49.3 Å². The molecule has 2 aromatic rings. The van der Waals surface area contributed by atoms with Crippen LogP contribution in [0.5, 0.6) is 17.4 Å². The number of nitrogens with one attached hydrogen (secondary N) is 1. The minimum absolute atomic E-state index is 0.129. The van der Waals surface area contributed by atoms with E-state index in [1.807, 2.05) is 39.0 Å². The molecule has 6 nitrogen and oxygen atoms in total. The third-order valence-electron chi connectivity index (χ3n) is 3.82. The molecule has 7 heteroatoms. The Hall–Kier alpha value is -2.47. The predicted octanol–water partition coefficient (Wildman–Crippen LogP) is 4.42. The first-order valence-electron chi connectivity index (χ1n) is 8.91. The van der Waals surface area contributed by atoms with Crippen LogP contribution in [0.15, 0.2) is 30.3 Å². The van der Waals surface area contributed by atoms with Crippen LogP contribution in [-0.4, -0.2) is 31.2 Å². The van der Waals surface area contributed by atoms with Crippen LogP contribution in [0.3, 0.4) is 0 Å². The molecule has 0 aliphatic rings. The molecule has 1 amide bonds. The highest BCUT2D eigenvalue weighted by atomic mass is 35.5. The maximum absolute atomic E-state index is 12.6. The summed E-state index contributed by atoms with van der Waals surface area (Å²) in [7, 11) is 1.59. The lowest BCUT2D eigenvalue weighted by atomic mass is 10.1. The molecule has 0 spiro atoms. The van der Waals surface area contributed by atoms with E-state index < -0.39 is 0 Å². The molecule has 1 N–H and O–H groups in total. The van der Waals surface area contributed by atoms with Gasteiger partial charge < -0.3 is 19.5 Å². The quantitative estimate of drug-likeness (QED) is 0.683. The number of pyridine rings is 1. The van der Waals surface area contributed by atoms with Crippen LogP contribution in [-0.2, 0) is 0 Å². The Balaban J connectivity index is 2.15. The van der Waals surface area contributed by atoms with Gasteiger partial charge in [0.15, 0.2) is 17.2 Å². The molecular formula is C20H25ClN2O4. The van der Waals surface area contributed by atoms with E-state index >= 15 is 0 Å². The molecule has 0 aliphatic carbocycles. The van der Waals surface area contributed by atoms with Crippen molar-refractivity contribution in [3.63, 3.8) is 0 Å². The third kappa shape index (κ3) is 5.50. The van der Waals surface area contributed by atoms with Crippen molar-refractivity contribution < 1.29 is 19.0 Å². The Morgan fingerprint density at radius 2 is 1.96 bits per heavy atom. The van der Waals surface area contributed by atoms with Gasteiger partial charge in [-0.05, 0) is 44.0 Å². The van der Waals surface area contributed by atoms with Crippen LogP contribution in [0.2, 0.25) is 5.02 Å². The fourth-order valence-corrected chi connectivity index (χ4v) is 2.64. The van der Waals surface area contributed by atoms with E-state index in [1.165, 1.54) is 0 Å². The second kappa shape index (κ2) is 10.0. The van der Waals surface area contributed by atoms with Gasteiger partial charge in [0.1, 0.15) is 0 Å². The molecule has 2 rings (SSSR count). The summed E-state index contributed by atoms with van der Waals surface area (Å²) in [5.74, 6) is 1.28. The summed E-state index contributed by atoms with van der Waals surface area (Å²) in [5.41, 5.74) is 1.01. The molecule has 27 heavy (non-hydrogen) atoms. The maximum Gasteiger partial charge on any atom is 0.272 e. The molecule has 0 saturated heterocycles. The largest absolute Gasteiger partial charge is 0.493 e. The monoisotopic (exact) mass is 392 g/mol. The smallest absolute Gasteiger partial charge is 0.272 e. The van der Waals surface area contributed by atoms with E-state index in [0.29, 0.717) is 30.6 Å². The summed E-state index contributed by atoms with van der Waals surface area (Å²) >= 11 is 6.12. The first-order valence-corrected chi connectivity index (χ1v) is 9.28. The normalized spacial score (nSPS) is 11.6. The van der Waals surface area contributed by atoms with Crippen LogP contribution < -0.4 is 19.5 Å². The SMILES string of the molecule is CCCOc1ccc(C(C)NC(=O)c2nc(OCC)ccc2Cl)cc1OC. The summed E-state index contributed by atoms with van der Waals surface area (Å²) in [6.45, 7) is 6.83. The standard InChI is InChI=1S/C20H25ClN2O4/c1-5-11-27-16-9-7-14(12-17(16)25-4)13(3)22-20(24)19-15(21)8-10-18(23-19)26-6-2/h7-10,12-13H,5-6,11H2,1-4H3,(H,22,24). The molecular weight excluding hydrogens is 368 g/mol. The van der Waals surface area contributed by atoms with Gasteiger partial charge in [-0.2, -0.15) is 0 Å². The molecule has 146 valence electrons. The van der Waals surface area contributed by atoms with E-state index in [2.05, 4.69) is 10.3 Å². The number of methoxy groups -OCH3 is 1. The van der Waals surface area contributed by atoms with Crippen LogP contribution in [0.4, 0.5) is 0 Å². The highest BCUT2D eigenvalue weighted by Crippen LogP contribution is 2.30. The highest BCUT2D eigenvalue weighted by Gasteiger charge is 2.18. The number of aromatic nitrogens is 1. The Kier molecular flexibility index (Phi) is 7.73. The van der Waals surface area contributed by atoms with Crippen molar-refractivity contribution in [2.24, 2.45) is 0 Å². The van der Waals surface area contributed by atoms with Crippen molar-refractivity contribution in [1.29, 1.82) is 0 Å². The van der Waals surface area contributed by atoms with Crippen molar-refractivity contribution in [2.45, 2.75) is 33.2 Å². The molecule has 0 saturated carbocycles. The minimum Gasteiger partial charge on any atom is -0.493 e. The van der Waals surface area contributed by atoms with Gasteiger partial charge in [0.05, 0.1) is 31.4 Å². The average Bonchev–Trinajstić information content (AvgIpc) is 2.67. The summed E-state index contributed by atoms with van der Waals surface area (Å²) in [6.07, 6.45) is 0.909. The summed E-state index contributed by atoms with van der Waals surface area (Å²) in [4.78, 5) is 16.8. The number of amides is 1. The molecule has 0 aliphatic heterocycles. The second-order valence-electron chi connectivity index (χ2n) is 5.87. The molecule has 1 aromatic carbocycles. The molecule has 1 aromatic heterocycles. The lowest BCUT2D eigenvalue weighted by Gasteiger charge is -2.17. The zero-order valence-electron chi connectivity index (χ0n) is 16.0. The number of halogens is 1. The van der Waals surface area contributed by atoms with Gasteiger partial charge in [-0.3, -0.25) is 4.79 Å². The number of nitrogens with zero attached hydrogens (tertiary/aromatic N) is 1. The lowest BCUT2D eigenvalue weighted by Crippen LogP contribution is -2.27. The summed E-state index contributed by atoms with van der Waals surface area (Å²) < 4.78 is 16.4. The van der Waals surface area contributed by atoms with Gasteiger partial charge in [0, 0.05) is 6.07 Å². The van der Waals surface area contributed by atoms with Crippen LogP contribution in [0, 0.1) is 0 Å². The number of hydrogen-bond donors (Lipinski definition) is 1. The molecule has 0 bridgehead atoms. The Morgan fingerprint density at radius 1 is 1.19 bits per heavy atom. The number of carbonyl (C=O) groups is 1. The Bertz CT molecular complexity index is 783. The van der Waals surface area contributed by atoms with Gasteiger partial charge >= 0.3 is 0 Å². The fourth-order valence-electron chi connectivity index (χ4n) is 2.44. The Labute approximate surface area is 164 Å².